The minimum Gasteiger partial charge on any atom is -0.387 e. The zero-order valence-electron chi connectivity index (χ0n) is 15.5. The maximum absolute atomic E-state index is 3.78. The topological polar surface area (TPSA) is 12.0 Å². The van der Waals surface area contributed by atoms with Crippen molar-refractivity contribution in [2.45, 2.75) is 67.2 Å². The second-order valence-corrected chi connectivity index (χ2v) is 6.95. The smallest absolute Gasteiger partial charge is 0.0238 e. The van der Waals surface area contributed by atoms with Gasteiger partial charge in [-0.25, -0.2) is 0 Å². The van der Waals surface area contributed by atoms with Crippen molar-refractivity contribution in [3.8, 4) is 0 Å². The van der Waals surface area contributed by atoms with Crippen molar-refractivity contribution < 1.29 is 0 Å². The lowest BCUT2D eigenvalue weighted by Gasteiger charge is -2.34. The van der Waals surface area contributed by atoms with Gasteiger partial charge in [-0.3, -0.25) is 0 Å². The molecular weight excluding hydrogens is 266 g/mol. The first-order valence-electron chi connectivity index (χ1n) is 8.85. The van der Waals surface area contributed by atoms with Crippen molar-refractivity contribution in [2.24, 2.45) is 11.3 Å². The largest absolute Gasteiger partial charge is 0.387 e. The van der Waals surface area contributed by atoms with Gasteiger partial charge in [0.05, 0.1) is 0 Å². The maximum atomic E-state index is 3.78. The van der Waals surface area contributed by atoms with Crippen molar-refractivity contribution >= 4 is 0 Å². The lowest BCUT2D eigenvalue weighted by molar-refractivity contribution is 0.366. The highest BCUT2D eigenvalue weighted by Gasteiger charge is 2.28. The molecule has 0 bridgehead atoms. The maximum Gasteiger partial charge on any atom is 0.0238 e. The van der Waals surface area contributed by atoms with Crippen LogP contribution in [0.15, 0.2) is 47.2 Å². The van der Waals surface area contributed by atoms with Crippen LogP contribution in [0.25, 0.3) is 0 Å². The molecule has 0 saturated carbocycles. The van der Waals surface area contributed by atoms with Crippen molar-refractivity contribution in [3.05, 3.63) is 47.2 Å². The van der Waals surface area contributed by atoms with E-state index in [1.807, 2.05) is 0 Å². The number of rotatable bonds is 6. The van der Waals surface area contributed by atoms with E-state index in [-0.39, 0.29) is 5.41 Å². The first kappa shape index (κ1) is 18.8. The Hall–Kier alpha value is -1.24. The van der Waals surface area contributed by atoms with E-state index < -0.39 is 0 Å². The fourth-order valence-electron chi connectivity index (χ4n) is 3.37. The summed E-state index contributed by atoms with van der Waals surface area (Å²) in [5.41, 5.74) is 4.61. The summed E-state index contributed by atoms with van der Waals surface area (Å²) < 4.78 is 0. The monoisotopic (exact) mass is 301 g/mol. The molecule has 0 aromatic heterocycles. The summed E-state index contributed by atoms with van der Waals surface area (Å²) in [6.07, 6.45) is 16.1. The van der Waals surface area contributed by atoms with E-state index in [4.69, 9.17) is 0 Å². The lowest BCUT2D eigenvalue weighted by atomic mass is 9.76. The minimum atomic E-state index is 0.233. The quantitative estimate of drug-likeness (QED) is 0.579. The number of hydrogen-bond acceptors (Lipinski definition) is 1. The molecule has 0 fully saturated rings. The summed E-state index contributed by atoms with van der Waals surface area (Å²) in [5.74, 6) is 0.582. The Morgan fingerprint density at radius 3 is 2.73 bits per heavy atom. The SMILES string of the molecule is C/C=C\[C@H](C)C/C1=C(C)/C=C\CC(C)(/C(=C/C)CCC)CN1. The average Bonchev–Trinajstić information content (AvgIpc) is 2.47. The van der Waals surface area contributed by atoms with Crippen LogP contribution in [-0.4, -0.2) is 6.54 Å². The number of nitrogens with one attached hydrogen (secondary N) is 1. The van der Waals surface area contributed by atoms with Crippen molar-refractivity contribution in [3.63, 3.8) is 0 Å². The standard InChI is InChI=1S/C21H35N/c1-7-11-17(4)15-20-18(5)13-10-14-21(6,16-22-20)19(9-3)12-8-2/h7,9-11,13,17,22H,8,12,14-16H2,1-6H3/b11-7-,13-10-,19-9+,20-18-/t17-,21?/m0/s1. The van der Waals surface area contributed by atoms with Gasteiger partial charge in [0.2, 0.25) is 0 Å². The van der Waals surface area contributed by atoms with Gasteiger partial charge in [0.25, 0.3) is 0 Å². The van der Waals surface area contributed by atoms with Crippen LogP contribution in [0.3, 0.4) is 0 Å². The summed E-state index contributed by atoms with van der Waals surface area (Å²) in [5, 5.41) is 3.78. The molecule has 0 aromatic carbocycles. The van der Waals surface area contributed by atoms with Crippen LogP contribution >= 0.6 is 0 Å². The second kappa shape index (κ2) is 9.02. The average molecular weight is 302 g/mol. The Kier molecular flexibility index (Phi) is 7.72. The molecule has 1 heteroatoms. The van der Waals surface area contributed by atoms with Gasteiger partial charge >= 0.3 is 0 Å². The zero-order chi connectivity index (χ0) is 16.6. The molecule has 2 atom stereocenters. The first-order valence-corrected chi connectivity index (χ1v) is 8.85. The van der Waals surface area contributed by atoms with Gasteiger partial charge in [-0.15, -0.1) is 0 Å². The van der Waals surface area contributed by atoms with E-state index in [0.717, 1.165) is 19.4 Å². The van der Waals surface area contributed by atoms with E-state index in [9.17, 15) is 0 Å². The lowest BCUT2D eigenvalue weighted by Crippen LogP contribution is -2.34. The van der Waals surface area contributed by atoms with E-state index >= 15 is 0 Å². The highest BCUT2D eigenvalue weighted by atomic mass is 14.9. The van der Waals surface area contributed by atoms with Crippen molar-refractivity contribution in [1.82, 2.24) is 5.32 Å². The predicted molar refractivity (Wildman–Crippen MR) is 99.8 cm³/mol. The molecule has 0 radical (unpaired) electrons. The second-order valence-electron chi connectivity index (χ2n) is 6.95. The third-order valence-electron chi connectivity index (χ3n) is 4.79. The van der Waals surface area contributed by atoms with E-state index in [2.05, 4.69) is 77.2 Å². The molecule has 0 spiro atoms. The molecule has 1 unspecified atom stereocenters. The molecule has 1 aliphatic heterocycles. The van der Waals surface area contributed by atoms with Gasteiger partial charge in [0.15, 0.2) is 0 Å². The van der Waals surface area contributed by atoms with Gasteiger partial charge < -0.3 is 5.32 Å². The van der Waals surface area contributed by atoms with Gasteiger partial charge in [0.1, 0.15) is 0 Å². The first-order chi connectivity index (χ1) is 10.5. The van der Waals surface area contributed by atoms with Gasteiger partial charge in [-0.2, -0.15) is 0 Å². The van der Waals surface area contributed by atoms with E-state index in [1.165, 1.54) is 24.1 Å². The molecule has 0 amide bonds. The Labute approximate surface area is 138 Å². The molecule has 0 aliphatic carbocycles. The van der Waals surface area contributed by atoms with Crippen LogP contribution in [0.1, 0.15) is 67.2 Å². The molecule has 1 N–H and O–H groups in total. The van der Waals surface area contributed by atoms with Crippen LogP contribution in [0.2, 0.25) is 0 Å². The molecule has 22 heavy (non-hydrogen) atoms. The van der Waals surface area contributed by atoms with Crippen molar-refractivity contribution in [2.75, 3.05) is 6.54 Å². The van der Waals surface area contributed by atoms with Crippen LogP contribution in [-0.2, 0) is 0 Å². The molecule has 0 saturated heterocycles. The van der Waals surface area contributed by atoms with Gasteiger partial charge in [-0.1, -0.05) is 63.1 Å². The van der Waals surface area contributed by atoms with Crippen LogP contribution in [0, 0.1) is 11.3 Å². The highest BCUT2D eigenvalue weighted by Crippen LogP contribution is 2.35. The summed E-state index contributed by atoms with van der Waals surface area (Å²) >= 11 is 0. The zero-order valence-corrected chi connectivity index (χ0v) is 15.5. The summed E-state index contributed by atoms with van der Waals surface area (Å²) in [6.45, 7) is 14.5. The predicted octanol–water partition coefficient (Wildman–Crippen LogP) is 6.16. The van der Waals surface area contributed by atoms with Crippen LogP contribution in [0.4, 0.5) is 0 Å². The molecule has 1 aliphatic rings. The molecule has 1 rings (SSSR count). The minimum absolute atomic E-state index is 0.233. The molecule has 0 aromatic rings. The molecule has 1 heterocycles. The Bertz CT molecular complexity index is 464. The van der Waals surface area contributed by atoms with E-state index in [1.54, 1.807) is 5.57 Å². The fraction of sp³-hybridized carbons (Fsp3) is 0.619. The summed E-state index contributed by atoms with van der Waals surface area (Å²) in [6, 6.07) is 0. The Morgan fingerprint density at radius 1 is 1.41 bits per heavy atom. The fourth-order valence-corrected chi connectivity index (χ4v) is 3.37. The van der Waals surface area contributed by atoms with Crippen LogP contribution < -0.4 is 5.32 Å². The Balaban J connectivity index is 2.92. The molecular formula is C21H35N. The van der Waals surface area contributed by atoms with Crippen LogP contribution in [0.5, 0.6) is 0 Å². The van der Waals surface area contributed by atoms with Crippen molar-refractivity contribution in [1.29, 1.82) is 0 Å². The molecule has 124 valence electrons. The number of allylic oxidation sites excluding steroid dienone is 7. The van der Waals surface area contributed by atoms with Gasteiger partial charge in [0, 0.05) is 17.7 Å². The van der Waals surface area contributed by atoms with Gasteiger partial charge in [-0.05, 0) is 51.5 Å². The summed E-state index contributed by atoms with van der Waals surface area (Å²) in [7, 11) is 0. The third kappa shape index (κ3) is 5.19. The summed E-state index contributed by atoms with van der Waals surface area (Å²) in [4.78, 5) is 0. The highest BCUT2D eigenvalue weighted by molar-refractivity contribution is 5.27. The normalized spacial score (nSPS) is 29.8. The third-order valence-corrected chi connectivity index (χ3v) is 4.79. The molecule has 1 nitrogen and oxygen atoms in total. The van der Waals surface area contributed by atoms with E-state index in [0.29, 0.717) is 5.92 Å². The number of hydrogen-bond donors (Lipinski definition) is 1. The Morgan fingerprint density at radius 2 is 2.14 bits per heavy atom.